The monoisotopic (exact) mass is 321 g/mol. The van der Waals surface area contributed by atoms with Crippen LogP contribution >= 0.6 is 0 Å². The Labute approximate surface area is 115 Å². The molecule has 0 atom stereocenters. The molecular weight excluding hydrogens is 309 g/mol. The summed E-state index contributed by atoms with van der Waals surface area (Å²) in [4.78, 5) is 16.1. The van der Waals surface area contributed by atoms with Crippen molar-refractivity contribution in [3.63, 3.8) is 0 Å². The summed E-state index contributed by atoms with van der Waals surface area (Å²) in [5.74, 6) is 1.11. The van der Waals surface area contributed by atoms with Gasteiger partial charge in [0.1, 0.15) is 0 Å². The third-order valence-corrected chi connectivity index (χ3v) is 1.33. The van der Waals surface area contributed by atoms with Gasteiger partial charge in [0, 0.05) is 45.2 Å². The van der Waals surface area contributed by atoms with Crippen molar-refractivity contribution in [2.24, 2.45) is 0 Å². The molecule has 0 bridgehead atoms. The molecule has 2 heterocycles. The first-order valence-electron chi connectivity index (χ1n) is 4.35. The van der Waals surface area contributed by atoms with Gasteiger partial charge in [0.25, 0.3) is 0 Å². The van der Waals surface area contributed by atoms with E-state index in [4.69, 9.17) is 5.41 Å². The van der Waals surface area contributed by atoms with Crippen molar-refractivity contribution in [1.82, 2.24) is 19.9 Å². The van der Waals surface area contributed by atoms with Crippen LogP contribution in [0.25, 0.3) is 17.1 Å². The predicted molar refractivity (Wildman–Crippen MR) is 64.6 cm³/mol. The van der Waals surface area contributed by atoms with Crippen LogP contribution in [0, 0.1) is 7.43 Å². The van der Waals surface area contributed by atoms with Gasteiger partial charge in [0.05, 0.1) is 0 Å². The standard InChI is InChI=1S/C8H6N4.C2H4N.CH3.Pd/c1-3-9-7(10-4-1)8-11-5-2-6-12-8;1-2-3;;/h1-6H;2H,1H3;1H3;/q;2*-1;. The fourth-order valence-corrected chi connectivity index (χ4v) is 0.829. The molecule has 0 aromatic carbocycles. The summed E-state index contributed by atoms with van der Waals surface area (Å²) in [5.41, 5.74) is 0. The van der Waals surface area contributed by atoms with E-state index in [1.165, 1.54) is 0 Å². The quantitative estimate of drug-likeness (QED) is 0.457. The minimum atomic E-state index is 0. The molecule has 0 fully saturated rings. The Bertz CT molecular complexity index is 356. The molecule has 0 spiro atoms. The second kappa shape index (κ2) is 11.0. The van der Waals surface area contributed by atoms with Gasteiger partial charge in [0.2, 0.25) is 0 Å². The largest absolute Gasteiger partial charge is 0.814 e. The first-order valence-corrected chi connectivity index (χ1v) is 4.35. The Kier molecular flexibility index (Phi) is 11.6. The maximum atomic E-state index is 7.44. The number of rotatable bonds is 1. The molecule has 2 aromatic rings. The van der Waals surface area contributed by atoms with Gasteiger partial charge in [0.15, 0.2) is 11.6 Å². The Morgan fingerprint density at radius 1 is 0.882 bits per heavy atom. The molecule has 0 N–H and O–H groups in total. The van der Waals surface area contributed by atoms with E-state index in [1.54, 1.807) is 43.8 Å². The fraction of sp³-hybridized carbons (Fsp3) is 0.0909. The van der Waals surface area contributed by atoms with E-state index >= 15 is 0 Å². The van der Waals surface area contributed by atoms with E-state index in [2.05, 4.69) is 19.9 Å². The molecule has 17 heavy (non-hydrogen) atoms. The van der Waals surface area contributed by atoms with Crippen LogP contribution < -0.4 is 0 Å². The summed E-state index contributed by atoms with van der Waals surface area (Å²) in [6, 6.07) is 3.51. The molecule has 0 aliphatic carbocycles. The van der Waals surface area contributed by atoms with Gasteiger partial charge in [-0.1, -0.05) is 6.92 Å². The van der Waals surface area contributed by atoms with Crippen molar-refractivity contribution < 1.29 is 20.4 Å². The second-order valence-electron chi connectivity index (χ2n) is 2.40. The Morgan fingerprint density at radius 3 is 1.35 bits per heavy atom. The van der Waals surface area contributed by atoms with Crippen LogP contribution in [0.1, 0.15) is 6.92 Å². The van der Waals surface area contributed by atoms with Crippen LogP contribution in [-0.4, -0.2) is 26.2 Å². The topological polar surface area (TPSA) is 73.9 Å². The predicted octanol–water partition coefficient (Wildman–Crippen LogP) is 2.03. The van der Waals surface area contributed by atoms with Crippen LogP contribution in [0.15, 0.2) is 36.9 Å². The molecule has 6 heteroatoms. The van der Waals surface area contributed by atoms with Gasteiger partial charge < -0.3 is 12.8 Å². The van der Waals surface area contributed by atoms with E-state index in [0.717, 1.165) is 6.21 Å². The third kappa shape index (κ3) is 6.61. The molecule has 0 aliphatic rings. The molecule has 0 unspecified atom stereocenters. The van der Waals surface area contributed by atoms with E-state index < -0.39 is 0 Å². The van der Waals surface area contributed by atoms with E-state index in [1.807, 2.05) is 0 Å². The van der Waals surface area contributed by atoms with Crippen molar-refractivity contribution in [2.45, 2.75) is 6.92 Å². The molecular formula is C11H13N5Pd-2. The van der Waals surface area contributed by atoms with Crippen LogP contribution in [0.2, 0.25) is 0 Å². The normalized spacial score (nSPS) is 7.59. The Hall–Kier alpha value is -1.51. The second-order valence-corrected chi connectivity index (χ2v) is 2.40. The van der Waals surface area contributed by atoms with Gasteiger partial charge in [-0.05, 0) is 12.1 Å². The minimum absolute atomic E-state index is 0. The minimum Gasteiger partial charge on any atom is -0.814 e. The summed E-state index contributed by atoms with van der Waals surface area (Å²) in [6.45, 7) is 1.56. The molecule has 0 aliphatic heterocycles. The van der Waals surface area contributed by atoms with Crippen molar-refractivity contribution in [3.05, 3.63) is 49.8 Å². The number of hydrogen-bond acceptors (Lipinski definition) is 4. The van der Waals surface area contributed by atoms with Crippen LogP contribution in [-0.2, 0) is 20.4 Å². The van der Waals surface area contributed by atoms with Crippen molar-refractivity contribution in [1.29, 1.82) is 0 Å². The van der Waals surface area contributed by atoms with Crippen LogP contribution in [0.3, 0.4) is 0 Å². The van der Waals surface area contributed by atoms with Crippen molar-refractivity contribution in [3.8, 4) is 11.6 Å². The zero-order chi connectivity index (χ0) is 10.9. The molecule has 94 valence electrons. The molecule has 2 rings (SSSR count). The summed E-state index contributed by atoms with van der Waals surface area (Å²) < 4.78 is 0. The first kappa shape index (κ1) is 17.9. The molecule has 0 radical (unpaired) electrons. The van der Waals surface area contributed by atoms with Gasteiger partial charge in [-0.25, -0.2) is 26.2 Å². The number of hydrogen-bond donors (Lipinski definition) is 0. The van der Waals surface area contributed by atoms with Gasteiger partial charge in [-0.3, -0.25) is 0 Å². The molecule has 2 aromatic heterocycles. The summed E-state index contributed by atoms with van der Waals surface area (Å²) in [7, 11) is 0. The Balaban J connectivity index is 0. The fourth-order valence-electron chi connectivity index (χ4n) is 0.829. The molecule has 0 amide bonds. The zero-order valence-electron chi connectivity index (χ0n) is 9.59. The Morgan fingerprint density at radius 2 is 1.12 bits per heavy atom. The van der Waals surface area contributed by atoms with Gasteiger partial charge in [-0.2, -0.15) is 0 Å². The average Bonchev–Trinajstić information content (AvgIpc) is 2.32. The van der Waals surface area contributed by atoms with Crippen molar-refractivity contribution >= 4 is 6.21 Å². The van der Waals surface area contributed by atoms with Gasteiger partial charge >= 0.3 is 0 Å². The van der Waals surface area contributed by atoms with Crippen LogP contribution in [0.5, 0.6) is 0 Å². The van der Waals surface area contributed by atoms with E-state index in [0.29, 0.717) is 11.6 Å². The maximum Gasteiger partial charge on any atom is 0.197 e. The smallest absolute Gasteiger partial charge is 0.197 e. The number of aromatic nitrogens is 4. The SMILES string of the molecule is CC=[N-].[CH3-].[Pd].c1cnc(-c2ncccn2)nc1. The molecule has 5 nitrogen and oxygen atoms in total. The zero-order valence-corrected chi connectivity index (χ0v) is 11.1. The molecule has 0 saturated carbocycles. The van der Waals surface area contributed by atoms with E-state index in [-0.39, 0.29) is 27.8 Å². The maximum absolute atomic E-state index is 7.44. The number of nitrogens with zero attached hydrogens (tertiary/aromatic N) is 5. The average molecular weight is 322 g/mol. The van der Waals surface area contributed by atoms with E-state index in [9.17, 15) is 0 Å². The van der Waals surface area contributed by atoms with Crippen molar-refractivity contribution in [2.75, 3.05) is 0 Å². The summed E-state index contributed by atoms with van der Waals surface area (Å²) in [6.07, 6.45) is 7.66. The van der Waals surface area contributed by atoms with Crippen LogP contribution in [0.4, 0.5) is 0 Å². The molecule has 0 saturated heterocycles. The van der Waals surface area contributed by atoms with Gasteiger partial charge in [-0.15, -0.1) is 0 Å². The first-order chi connectivity index (χ1) is 7.38. The summed E-state index contributed by atoms with van der Waals surface area (Å²) >= 11 is 0. The summed E-state index contributed by atoms with van der Waals surface area (Å²) in [5, 5.41) is 7.44. The third-order valence-electron chi connectivity index (χ3n) is 1.33.